The maximum atomic E-state index is 4.92. The van der Waals surface area contributed by atoms with Crippen LogP contribution in [0.1, 0.15) is 44.7 Å². The van der Waals surface area contributed by atoms with Gasteiger partial charge < -0.3 is 5.32 Å². The van der Waals surface area contributed by atoms with E-state index < -0.39 is 0 Å². The van der Waals surface area contributed by atoms with Gasteiger partial charge in [-0.05, 0) is 17.6 Å². The molecule has 0 spiro atoms. The number of nitrogens with one attached hydrogen (secondary N) is 1. The van der Waals surface area contributed by atoms with E-state index in [1.54, 1.807) is 14.2 Å². The summed E-state index contributed by atoms with van der Waals surface area (Å²) in [7, 11) is 3.35. The minimum absolute atomic E-state index is 0.394. The Labute approximate surface area is 200 Å². The van der Waals surface area contributed by atoms with Gasteiger partial charge in [0.2, 0.25) is 0 Å². The first kappa shape index (κ1) is 24.6. The zero-order chi connectivity index (χ0) is 23.5. The number of hydrogen-bond donors (Lipinski definition) is 1. The van der Waals surface area contributed by atoms with Crippen molar-refractivity contribution in [2.24, 2.45) is 5.92 Å². The molecule has 4 rings (SSSR count). The van der Waals surface area contributed by atoms with Crippen molar-refractivity contribution in [3.8, 4) is 11.1 Å². The molecule has 1 aliphatic heterocycles. The summed E-state index contributed by atoms with van der Waals surface area (Å²) in [5, 5.41) is 3.36. The first-order valence-corrected chi connectivity index (χ1v) is 12.0. The summed E-state index contributed by atoms with van der Waals surface area (Å²) in [5.74, 6) is 2.66. The molecule has 170 valence electrons. The van der Waals surface area contributed by atoms with Crippen LogP contribution in [0.5, 0.6) is 0 Å². The van der Waals surface area contributed by atoms with Crippen LogP contribution in [0.3, 0.4) is 0 Å². The maximum absolute atomic E-state index is 4.92. The molecule has 0 saturated heterocycles. The third kappa shape index (κ3) is 7.78. The topological polar surface area (TPSA) is 21.3 Å². The summed E-state index contributed by atoms with van der Waals surface area (Å²) < 4.78 is 4.92. The number of benzene rings is 2. The van der Waals surface area contributed by atoms with Crippen molar-refractivity contribution in [1.29, 1.82) is 0 Å². The predicted octanol–water partition coefficient (Wildman–Crippen LogP) is 6.66. The van der Waals surface area contributed by atoms with Crippen molar-refractivity contribution >= 4 is 13.1 Å². The van der Waals surface area contributed by atoms with Crippen molar-refractivity contribution in [2.75, 3.05) is 7.11 Å². The van der Waals surface area contributed by atoms with Crippen LogP contribution >= 0.6 is 0 Å². The molecule has 0 radical (unpaired) electrons. The van der Waals surface area contributed by atoms with Crippen LogP contribution < -0.4 is 5.32 Å². The second-order valence-corrected chi connectivity index (χ2v) is 8.93. The van der Waals surface area contributed by atoms with Gasteiger partial charge in [-0.2, -0.15) is 0 Å². The Bertz CT molecular complexity index is 1020. The molecule has 3 heteroatoms. The van der Waals surface area contributed by atoms with Crippen molar-refractivity contribution in [2.45, 2.75) is 46.1 Å². The summed E-state index contributed by atoms with van der Waals surface area (Å²) in [4.78, 5) is 0. The van der Waals surface area contributed by atoms with Gasteiger partial charge in [0, 0.05) is 6.20 Å². The zero-order valence-corrected chi connectivity index (χ0v) is 20.4. The predicted molar refractivity (Wildman–Crippen MR) is 145 cm³/mol. The standard InChI is InChI=1S/C18H21BO.C12H15N/c1-14(2)12-15-4-8-17(9-5-15)18-10-6-16(7-11-18)13-19-20-3;1-2-5-11-9-13-12-7-4-3-6-10(11)8-12/h4-11,13-14H,12H2,1-3H3;3-4,6-9,12-13H,2,5H2,1H3. The zero-order valence-electron chi connectivity index (χ0n) is 20.4. The van der Waals surface area contributed by atoms with Gasteiger partial charge in [-0.1, -0.05) is 43.7 Å². The van der Waals surface area contributed by atoms with Crippen LogP contribution in [0.15, 0.2) is 96.3 Å². The summed E-state index contributed by atoms with van der Waals surface area (Å²) >= 11 is 0. The van der Waals surface area contributed by atoms with Gasteiger partial charge in [0.05, 0.1) is 6.04 Å². The van der Waals surface area contributed by atoms with Crippen LogP contribution in [-0.4, -0.2) is 26.2 Å². The van der Waals surface area contributed by atoms with Gasteiger partial charge in [0.1, 0.15) is 0 Å². The van der Waals surface area contributed by atoms with E-state index in [4.69, 9.17) is 4.65 Å². The van der Waals surface area contributed by atoms with E-state index in [9.17, 15) is 0 Å². The molecule has 33 heavy (non-hydrogen) atoms. The van der Waals surface area contributed by atoms with Gasteiger partial charge in [-0.3, -0.25) is 0 Å². The third-order valence-electron chi connectivity index (χ3n) is 5.64. The summed E-state index contributed by atoms with van der Waals surface area (Å²) in [5.41, 5.74) is 7.88. The van der Waals surface area contributed by atoms with Crippen LogP contribution in [-0.2, 0) is 11.1 Å². The first-order chi connectivity index (χ1) is 16.1. The number of rotatable bonds is 7. The second kappa shape index (κ2) is 12.8. The van der Waals surface area contributed by atoms with E-state index in [2.05, 4.69) is 111 Å². The molecule has 0 amide bonds. The van der Waals surface area contributed by atoms with E-state index in [1.165, 1.54) is 34.3 Å². The Balaban J connectivity index is 0.000000203. The summed E-state index contributed by atoms with van der Waals surface area (Å²) in [6.45, 7) is 6.71. The molecule has 1 heterocycles. The fourth-order valence-electron chi connectivity index (χ4n) is 3.97. The van der Waals surface area contributed by atoms with Gasteiger partial charge in [-0.15, -0.1) is 0 Å². The number of fused-ring (bicyclic) bond motifs is 1. The quantitative estimate of drug-likeness (QED) is 0.489. The molecule has 2 aromatic rings. The molecular formula is C30H36BNO. The van der Waals surface area contributed by atoms with Gasteiger partial charge in [-0.25, -0.2) is 0 Å². The molecular weight excluding hydrogens is 401 g/mol. The van der Waals surface area contributed by atoms with Gasteiger partial charge in [0.25, 0.3) is 0 Å². The molecule has 0 fully saturated rings. The molecule has 2 bridgehead atoms. The van der Waals surface area contributed by atoms with Crippen LogP contribution in [0.2, 0.25) is 0 Å². The SMILES string of the molecule is CCCC1=CNC2C=CC=CC1=C2.COB=Cc1ccc(-c2ccc(CC(C)C)cc2)cc1. The number of dihydropyridines is 1. The average Bonchev–Trinajstić information content (AvgIpc) is 3.02. The van der Waals surface area contributed by atoms with Gasteiger partial charge >= 0.3 is 122 Å². The Morgan fingerprint density at radius 2 is 1.70 bits per heavy atom. The van der Waals surface area contributed by atoms with Crippen LogP contribution in [0, 0.1) is 5.92 Å². The van der Waals surface area contributed by atoms with Crippen molar-refractivity contribution < 1.29 is 4.65 Å². The molecule has 1 unspecified atom stereocenters. The second-order valence-electron chi connectivity index (χ2n) is 8.93. The third-order valence-corrected chi connectivity index (χ3v) is 5.64. The minimum atomic E-state index is 0.394. The van der Waals surface area contributed by atoms with E-state index >= 15 is 0 Å². The van der Waals surface area contributed by atoms with Crippen molar-refractivity contribution in [3.05, 3.63) is 107 Å². The van der Waals surface area contributed by atoms with Crippen LogP contribution in [0.25, 0.3) is 11.1 Å². The Morgan fingerprint density at radius 3 is 2.33 bits per heavy atom. The monoisotopic (exact) mass is 437 g/mol. The van der Waals surface area contributed by atoms with Crippen molar-refractivity contribution in [3.63, 3.8) is 0 Å². The number of hydrogen-bond acceptors (Lipinski definition) is 2. The molecule has 1 N–H and O–H groups in total. The van der Waals surface area contributed by atoms with Crippen molar-refractivity contribution in [1.82, 2.24) is 5.32 Å². The Kier molecular flexibility index (Phi) is 9.56. The fourth-order valence-corrected chi connectivity index (χ4v) is 3.97. The molecule has 1 atom stereocenters. The molecule has 0 aromatic heterocycles. The molecule has 0 saturated carbocycles. The van der Waals surface area contributed by atoms with E-state index in [-0.39, 0.29) is 0 Å². The average molecular weight is 437 g/mol. The summed E-state index contributed by atoms with van der Waals surface area (Å²) in [6, 6.07) is 17.8. The van der Waals surface area contributed by atoms with E-state index in [0.29, 0.717) is 12.0 Å². The Morgan fingerprint density at radius 1 is 1.00 bits per heavy atom. The van der Waals surface area contributed by atoms with E-state index in [0.717, 1.165) is 18.4 Å². The first-order valence-electron chi connectivity index (χ1n) is 12.0. The molecule has 1 aliphatic carbocycles. The van der Waals surface area contributed by atoms with Gasteiger partial charge in [0.15, 0.2) is 0 Å². The summed E-state index contributed by atoms with van der Waals surface area (Å²) in [6.07, 6.45) is 16.5. The number of allylic oxidation sites excluding steroid dienone is 5. The van der Waals surface area contributed by atoms with Crippen LogP contribution in [0.4, 0.5) is 0 Å². The Hall–Kier alpha value is -3.07. The van der Waals surface area contributed by atoms with E-state index in [1.807, 2.05) is 5.97 Å². The normalized spacial score (nSPS) is 16.2. The molecule has 2 nitrogen and oxygen atoms in total. The molecule has 2 aromatic carbocycles. The fraction of sp³-hybridized carbons (Fsp3) is 0.300. The molecule has 2 aliphatic rings.